The summed E-state index contributed by atoms with van der Waals surface area (Å²) in [6.45, 7) is 9.94. The van der Waals surface area contributed by atoms with E-state index >= 15 is 0 Å². The maximum atomic E-state index is 11.2. The van der Waals surface area contributed by atoms with Crippen LogP contribution < -0.4 is 0 Å². The van der Waals surface area contributed by atoms with Crippen molar-refractivity contribution in [3.8, 4) is 0 Å². The molecule has 0 rings (SSSR count). The van der Waals surface area contributed by atoms with Crippen LogP contribution >= 0.6 is 0 Å². The molecule has 0 aliphatic rings. The van der Waals surface area contributed by atoms with E-state index in [-0.39, 0.29) is 22.1 Å². The SMILES string of the molecule is CC(=CC(C=C(C)C(=O)O)(C=C(C)C(=O)O)CC(C)(C)C)C(=O)O. The van der Waals surface area contributed by atoms with E-state index < -0.39 is 23.3 Å². The quantitative estimate of drug-likeness (QED) is 0.612. The van der Waals surface area contributed by atoms with Crippen molar-refractivity contribution in [3.63, 3.8) is 0 Å². The van der Waals surface area contributed by atoms with Gasteiger partial charge in [-0.3, -0.25) is 0 Å². The summed E-state index contributed by atoms with van der Waals surface area (Å²) in [5.41, 5.74) is -1.39. The second-order valence-electron chi connectivity index (χ2n) is 7.25. The standard InChI is InChI=1S/C18H26O6/c1-11(14(19)20)7-18(10-17(4,5)6,8-12(2)15(21)22)9-13(3)16(23)24/h7-9H,10H2,1-6H3,(H,19,20)(H,21,22)(H,23,24). The Morgan fingerprint density at radius 1 is 0.708 bits per heavy atom. The van der Waals surface area contributed by atoms with Crippen LogP contribution in [0.4, 0.5) is 0 Å². The summed E-state index contributed by atoms with van der Waals surface area (Å²) in [6.07, 6.45) is 4.60. The normalized spacial score (nSPS) is 16.5. The average Bonchev–Trinajstić information content (AvgIpc) is 2.35. The van der Waals surface area contributed by atoms with Gasteiger partial charge in [0.15, 0.2) is 0 Å². The highest BCUT2D eigenvalue weighted by atomic mass is 16.4. The molecule has 0 spiro atoms. The molecule has 0 aromatic heterocycles. The number of hydrogen-bond donors (Lipinski definition) is 3. The smallest absolute Gasteiger partial charge is 0.330 e. The van der Waals surface area contributed by atoms with Crippen molar-refractivity contribution in [1.29, 1.82) is 0 Å². The van der Waals surface area contributed by atoms with Crippen LogP contribution in [-0.4, -0.2) is 33.2 Å². The van der Waals surface area contributed by atoms with Crippen molar-refractivity contribution >= 4 is 17.9 Å². The van der Waals surface area contributed by atoms with Crippen LogP contribution in [0.2, 0.25) is 0 Å². The van der Waals surface area contributed by atoms with Crippen molar-refractivity contribution in [2.45, 2.75) is 48.0 Å². The van der Waals surface area contributed by atoms with Gasteiger partial charge in [0.05, 0.1) is 0 Å². The zero-order valence-electron chi connectivity index (χ0n) is 15.0. The van der Waals surface area contributed by atoms with Crippen molar-refractivity contribution in [2.24, 2.45) is 10.8 Å². The second kappa shape index (κ2) is 7.95. The third-order valence-electron chi connectivity index (χ3n) is 3.30. The molecule has 0 saturated carbocycles. The van der Waals surface area contributed by atoms with Gasteiger partial charge in [-0.05, 0) is 32.6 Å². The molecule has 0 radical (unpaired) electrons. The summed E-state index contributed by atoms with van der Waals surface area (Å²) in [6, 6.07) is 0. The first kappa shape index (κ1) is 21.6. The highest BCUT2D eigenvalue weighted by Gasteiger charge is 2.31. The molecular weight excluding hydrogens is 312 g/mol. The van der Waals surface area contributed by atoms with Gasteiger partial charge in [0.1, 0.15) is 0 Å². The Morgan fingerprint density at radius 3 is 1.12 bits per heavy atom. The largest absolute Gasteiger partial charge is 0.478 e. The van der Waals surface area contributed by atoms with Crippen LogP contribution in [0.15, 0.2) is 34.9 Å². The van der Waals surface area contributed by atoms with Gasteiger partial charge in [0.2, 0.25) is 0 Å². The fraction of sp³-hybridized carbons (Fsp3) is 0.500. The summed E-state index contributed by atoms with van der Waals surface area (Å²) < 4.78 is 0. The minimum Gasteiger partial charge on any atom is -0.478 e. The number of carboxylic acids is 3. The highest BCUT2D eigenvalue weighted by Crippen LogP contribution is 2.40. The molecule has 0 amide bonds. The first-order valence-electron chi connectivity index (χ1n) is 7.47. The lowest BCUT2D eigenvalue weighted by molar-refractivity contribution is -0.133. The van der Waals surface area contributed by atoms with Crippen LogP contribution in [0.5, 0.6) is 0 Å². The Hall–Kier alpha value is -2.37. The monoisotopic (exact) mass is 338 g/mol. The number of hydrogen-bond acceptors (Lipinski definition) is 3. The molecule has 6 heteroatoms. The van der Waals surface area contributed by atoms with E-state index in [9.17, 15) is 29.7 Å². The second-order valence-corrected chi connectivity index (χ2v) is 7.25. The van der Waals surface area contributed by atoms with Gasteiger partial charge in [-0.2, -0.15) is 0 Å². The van der Waals surface area contributed by atoms with Gasteiger partial charge < -0.3 is 15.3 Å². The Balaban J connectivity index is 6.64. The lowest BCUT2D eigenvalue weighted by Crippen LogP contribution is -2.24. The Bertz CT molecular complexity index is 540. The van der Waals surface area contributed by atoms with E-state index in [4.69, 9.17) is 0 Å². The van der Waals surface area contributed by atoms with Gasteiger partial charge in [-0.15, -0.1) is 0 Å². The zero-order valence-corrected chi connectivity index (χ0v) is 15.0. The van der Waals surface area contributed by atoms with Crippen molar-refractivity contribution < 1.29 is 29.7 Å². The fourth-order valence-corrected chi connectivity index (χ4v) is 2.59. The molecule has 0 aliphatic carbocycles. The van der Waals surface area contributed by atoms with E-state index in [1.165, 1.54) is 39.0 Å². The van der Waals surface area contributed by atoms with E-state index in [0.717, 1.165) is 0 Å². The number of rotatable bonds is 7. The molecule has 0 fully saturated rings. The van der Waals surface area contributed by atoms with Gasteiger partial charge >= 0.3 is 17.9 Å². The molecule has 6 nitrogen and oxygen atoms in total. The maximum absolute atomic E-state index is 11.2. The van der Waals surface area contributed by atoms with Gasteiger partial charge in [0, 0.05) is 22.1 Å². The fourth-order valence-electron chi connectivity index (χ4n) is 2.59. The van der Waals surface area contributed by atoms with Crippen molar-refractivity contribution in [3.05, 3.63) is 34.9 Å². The molecular formula is C18H26O6. The summed E-state index contributed by atoms with van der Waals surface area (Å²) in [5.74, 6) is -3.43. The van der Waals surface area contributed by atoms with E-state index in [2.05, 4.69) is 0 Å². The lowest BCUT2D eigenvalue weighted by atomic mass is 9.71. The molecule has 3 N–H and O–H groups in total. The topological polar surface area (TPSA) is 112 Å². The molecule has 0 aromatic carbocycles. The van der Waals surface area contributed by atoms with Gasteiger partial charge in [-0.1, -0.05) is 39.0 Å². The Morgan fingerprint density at radius 2 is 0.958 bits per heavy atom. The number of carbonyl (C=O) groups is 3. The van der Waals surface area contributed by atoms with Gasteiger partial charge in [-0.25, -0.2) is 14.4 Å². The molecule has 0 unspecified atom stereocenters. The van der Waals surface area contributed by atoms with Crippen LogP contribution in [0.1, 0.15) is 48.0 Å². The minimum absolute atomic E-state index is 0.0168. The zero-order chi connectivity index (χ0) is 19.3. The van der Waals surface area contributed by atoms with Crippen LogP contribution in [0, 0.1) is 10.8 Å². The Labute approximate surface area is 142 Å². The minimum atomic E-state index is -1.14. The first-order valence-corrected chi connectivity index (χ1v) is 7.47. The molecule has 0 bridgehead atoms. The average molecular weight is 338 g/mol. The molecule has 0 aromatic rings. The number of aliphatic carboxylic acids is 3. The van der Waals surface area contributed by atoms with E-state index in [0.29, 0.717) is 6.42 Å². The maximum Gasteiger partial charge on any atom is 0.330 e. The summed E-state index contributed by atoms with van der Waals surface area (Å²) >= 11 is 0. The van der Waals surface area contributed by atoms with Crippen LogP contribution in [-0.2, 0) is 14.4 Å². The summed E-state index contributed by atoms with van der Waals surface area (Å²) in [7, 11) is 0. The van der Waals surface area contributed by atoms with Crippen molar-refractivity contribution in [2.75, 3.05) is 0 Å². The van der Waals surface area contributed by atoms with E-state index in [1.54, 1.807) is 0 Å². The van der Waals surface area contributed by atoms with Crippen molar-refractivity contribution in [1.82, 2.24) is 0 Å². The molecule has 0 atom stereocenters. The Kier molecular flexibility index (Phi) is 7.16. The van der Waals surface area contributed by atoms with Crippen LogP contribution in [0.25, 0.3) is 0 Å². The molecule has 0 saturated heterocycles. The predicted molar refractivity (Wildman–Crippen MR) is 90.7 cm³/mol. The molecule has 24 heavy (non-hydrogen) atoms. The predicted octanol–water partition coefficient (Wildman–Crippen LogP) is 3.50. The molecule has 134 valence electrons. The third kappa shape index (κ3) is 7.26. The third-order valence-corrected chi connectivity index (χ3v) is 3.30. The summed E-state index contributed by atoms with van der Waals surface area (Å²) in [4.78, 5) is 33.7. The van der Waals surface area contributed by atoms with Gasteiger partial charge in [0.25, 0.3) is 0 Å². The molecule has 0 aliphatic heterocycles. The summed E-state index contributed by atoms with van der Waals surface area (Å²) in [5, 5.41) is 27.6. The lowest BCUT2D eigenvalue weighted by Gasteiger charge is -2.33. The molecule has 0 heterocycles. The van der Waals surface area contributed by atoms with E-state index in [1.807, 2.05) is 20.8 Å². The number of allylic oxidation sites excluding steroid dienone is 3. The number of carboxylic acid groups (broad SMARTS) is 3. The highest BCUT2D eigenvalue weighted by molar-refractivity contribution is 5.89. The first-order chi connectivity index (χ1) is 10.7. The van der Waals surface area contributed by atoms with Crippen LogP contribution in [0.3, 0.4) is 0 Å².